The van der Waals surface area contributed by atoms with Crippen molar-refractivity contribution in [3.05, 3.63) is 48.6 Å². The molecule has 0 saturated heterocycles. The summed E-state index contributed by atoms with van der Waals surface area (Å²) in [5, 5.41) is 27.8. The van der Waals surface area contributed by atoms with Gasteiger partial charge >= 0.3 is 12.1 Å². The van der Waals surface area contributed by atoms with E-state index in [1.807, 2.05) is 0 Å². The summed E-state index contributed by atoms with van der Waals surface area (Å²) in [4.78, 5) is 10.3. The van der Waals surface area contributed by atoms with E-state index >= 15 is 0 Å². The van der Waals surface area contributed by atoms with Crippen LogP contribution in [0.3, 0.4) is 0 Å². The molecule has 0 rings (SSSR count). The number of carbonyl (C=O) groups is 1. The second-order valence-corrected chi connectivity index (χ2v) is 6.14. The zero-order valence-corrected chi connectivity index (χ0v) is 15.3. The minimum absolute atomic E-state index is 0.0311. The van der Waals surface area contributed by atoms with Gasteiger partial charge in [0.05, 0.1) is 12.2 Å². The van der Waals surface area contributed by atoms with Crippen LogP contribution in [-0.4, -0.2) is 39.7 Å². The molecule has 7 heteroatoms. The van der Waals surface area contributed by atoms with Crippen LogP contribution < -0.4 is 0 Å². The highest BCUT2D eigenvalue weighted by atomic mass is 19.4. The lowest BCUT2D eigenvalue weighted by Crippen LogP contribution is -2.05. The molecule has 0 aromatic heterocycles. The van der Waals surface area contributed by atoms with Crippen molar-refractivity contribution in [1.29, 1.82) is 0 Å². The fraction of sp³-hybridized carbons (Fsp3) is 0.550. The van der Waals surface area contributed by atoms with Crippen molar-refractivity contribution in [2.45, 2.75) is 69.8 Å². The zero-order valence-electron chi connectivity index (χ0n) is 15.3. The van der Waals surface area contributed by atoms with E-state index in [0.29, 0.717) is 32.1 Å². The van der Waals surface area contributed by atoms with E-state index in [-0.39, 0.29) is 12.8 Å². The molecule has 0 bridgehead atoms. The normalized spacial score (nSPS) is 15.4. The van der Waals surface area contributed by atoms with Gasteiger partial charge in [0.1, 0.15) is 0 Å². The number of aliphatic hydroxyl groups is 2. The van der Waals surface area contributed by atoms with Gasteiger partial charge < -0.3 is 15.3 Å². The number of aliphatic hydroxyl groups excluding tert-OH is 2. The minimum Gasteiger partial charge on any atom is -0.481 e. The third-order valence-corrected chi connectivity index (χ3v) is 3.52. The molecule has 0 spiro atoms. The van der Waals surface area contributed by atoms with Gasteiger partial charge in [-0.3, -0.25) is 4.79 Å². The molecule has 0 aliphatic heterocycles. The first kappa shape index (κ1) is 25.1. The molecule has 27 heavy (non-hydrogen) atoms. The molecule has 2 atom stereocenters. The first-order valence-electron chi connectivity index (χ1n) is 9.02. The summed E-state index contributed by atoms with van der Waals surface area (Å²) < 4.78 is 35.8. The van der Waals surface area contributed by atoms with Crippen molar-refractivity contribution < 1.29 is 33.3 Å². The quantitative estimate of drug-likeness (QED) is 0.228. The summed E-state index contributed by atoms with van der Waals surface area (Å²) in [5.74, 6) is -0.883. The first-order chi connectivity index (χ1) is 12.7. The Morgan fingerprint density at radius 1 is 0.889 bits per heavy atom. The summed E-state index contributed by atoms with van der Waals surface area (Å²) in [6.07, 6.45) is 9.48. The van der Waals surface area contributed by atoms with Crippen LogP contribution in [0.25, 0.3) is 0 Å². The summed E-state index contributed by atoms with van der Waals surface area (Å²) in [7, 11) is 0. The smallest absolute Gasteiger partial charge is 0.389 e. The summed E-state index contributed by atoms with van der Waals surface area (Å²) >= 11 is 0. The third kappa shape index (κ3) is 20.3. The number of hydrogen-bond acceptors (Lipinski definition) is 3. The van der Waals surface area contributed by atoms with E-state index in [1.165, 1.54) is 0 Å². The van der Waals surface area contributed by atoms with Crippen molar-refractivity contribution in [3.8, 4) is 0 Å². The zero-order chi connectivity index (χ0) is 20.5. The number of unbranched alkanes of at least 4 members (excludes halogenated alkanes) is 2. The van der Waals surface area contributed by atoms with Crippen LogP contribution in [0.1, 0.15) is 51.4 Å². The Labute approximate surface area is 158 Å². The standard InChI is InChI=1S/C20H29F3O4/c21-20(22,23)16-9-5-1-2-6-11-17(24)12-7-3-4-8-13-18(25)14-10-15-19(26)27/h2-4,6-8,12-13,17-18,24-25H,1,5,9-11,14-16H2,(H,26,27)/b4-3+,6-2-,12-7+,13-8-. The molecule has 2 unspecified atom stereocenters. The molecule has 0 amide bonds. The van der Waals surface area contributed by atoms with Crippen LogP contribution in [-0.2, 0) is 4.79 Å². The van der Waals surface area contributed by atoms with Crippen molar-refractivity contribution in [1.82, 2.24) is 0 Å². The average Bonchev–Trinajstić information content (AvgIpc) is 2.55. The van der Waals surface area contributed by atoms with Crippen molar-refractivity contribution in [3.63, 3.8) is 0 Å². The van der Waals surface area contributed by atoms with E-state index in [9.17, 15) is 28.2 Å². The molecule has 0 fully saturated rings. The average molecular weight is 390 g/mol. The maximum atomic E-state index is 11.9. The van der Waals surface area contributed by atoms with Crippen molar-refractivity contribution in [2.75, 3.05) is 0 Å². The van der Waals surface area contributed by atoms with Crippen molar-refractivity contribution in [2.24, 2.45) is 0 Å². The molecule has 0 aromatic carbocycles. The predicted octanol–water partition coefficient (Wildman–Crippen LogP) is 4.70. The molecule has 0 heterocycles. The lowest BCUT2D eigenvalue weighted by molar-refractivity contribution is -0.137. The molecule has 0 aromatic rings. The van der Waals surface area contributed by atoms with E-state index in [1.54, 1.807) is 48.6 Å². The Morgan fingerprint density at radius 2 is 1.52 bits per heavy atom. The molecule has 3 N–H and O–H groups in total. The minimum atomic E-state index is -4.09. The van der Waals surface area contributed by atoms with Gasteiger partial charge in [-0.2, -0.15) is 13.2 Å². The number of allylic oxidation sites excluding steroid dienone is 5. The molecular formula is C20H29F3O4. The molecule has 0 aliphatic rings. The SMILES string of the molecule is O=C(O)CCCC(O)\C=C/C=C/C=C/C(O)C/C=C\CCCCC(F)(F)F. The number of rotatable bonds is 14. The predicted molar refractivity (Wildman–Crippen MR) is 99.2 cm³/mol. The number of halogens is 3. The number of aliphatic carboxylic acids is 1. The van der Waals surface area contributed by atoms with Crippen molar-refractivity contribution >= 4 is 5.97 Å². The Kier molecular flexibility index (Phi) is 14.2. The van der Waals surface area contributed by atoms with Gasteiger partial charge in [-0.15, -0.1) is 0 Å². The largest absolute Gasteiger partial charge is 0.481 e. The molecule has 154 valence electrons. The van der Waals surface area contributed by atoms with Gasteiger partial charge in [0, 0.05) is 12.8 Å². The van der Waals surface area contributed by atoms with E-state index in [0.717, 1.165) is 0 Å². The highest BCUT2D eigenvalue weighted by Crippen LogP contribution is 2.22. The van der Waals surface area contributed by atoms with Crippen LogP contribution in [0, 0.1) is 0 Å². The lowest BCUT2D eigenvalue weighted by Gasteiger charge is -2.04. The van der Waals surface area contributed by atoms with E-state index in [4.69, 9.17) is 5.11 Å². The first-order valence-corrected chi connectivity index (χ1v) is 9.02. The Balaban J connectivity index is 3.82. The highest BCUT2D eigenvalue weighted by molar-refractivity contribution is 5.66. The van der Waals surface area contributed by atoms with Gasteiger partial charge in [-0.25, -0.2) is 0 Å². The van der Waals surface area contributed by atoms with Crippen LogP contribution in [0.2, 0.25) is 0 Å². The second kappa shape index (κ2) is 15.2. The number of carboxylic acid groups (broad SMARTS) is 1. The van der Waals surface area contributed by atoms with Gasteiger partial charge in [0.15, 0.2) is 0 Å². The molecule has 0 radical (unpaired) electrons. The van der Waals surface area contributed by atoms with Gasteiger partial charge in [-0.1, -0.05) is 48.6 Å². The van der Waals surface area contributed by atoms with Crippen LogP contribution >= 0.6 is 0 Å². The third-order valence-electron chi connectivity index (χ3n) is 3.52. The van der Waals surface area contributed by atoms with Crippen LogP contribution in [0.5, 0.6) is 0 Å². The van der Waals surface area contributed by atoms with Crippen LogP contribution in [0.15, 0.2) is 48.6 Å². The monoisotopic (exact) mass is 390 g/mol. The topological polar surface area (TPSA) is 77.8 Å². The summed E-state index contributed by atoms with van der Waals surface area (Å²) in [6, 6.07) is 0. The fourth-order valence-electron chi connectivity index (χ4n) is 2.09. The second-order valence-electron chi connectivity index (χ2n) is 6.14. The van der Waals surface area contributed by atoms with Gasteiger partial charge in [0.2, 0.25) is 0 Å². The van der Waals surface area contributed by atoms with E-state index < -0.39 is 30.8 Å². The van der Waals surface area contributed by atoms with E-state index in [2.05, 4.69) is 0 Å². The fourth-order valence-corrected chi connectivity index (χ4v) is 2.09. The number of hydrogen-bond donors (Lipinski definition) is 3. The Bertz CT molecular complexity index is 508. The molecule has 4 nitrogen and oxygen atoms in total. The summed E-state index contributed by atoms with van der Waals surface area (Å²) in [5.41, 5.74) is 0. The lowest BCUT2D eigenvalue weighted by atomic mass is 10.1. The maximum Gasteiger partial charge on any atom is 0.389 e. The number of carboxylic acids is 1. The molecule has 0 aliphatic carbocycles. The molecular weight excluding hydrogens is 361 g/mol. The summed E-state index contributed by atoms with van der Waals surface area (Å²) in [6.45, 7) is 0. The van der Waals surface area contributed by atoms with Gasteiger partial charge in [0.25, 0.3) is 0 Å². The number of alkyl halides is 3. The molecule has 0 saturated carbocycles. The highest BCUT2D eigenvalue weighted by Gasteiger charge is 2.25. The van der Waals surface area contributed by atoms with Crippen LogP contribution in [0.4, 0.5) is 13.2 Å². The Morgan fingerprint density at radius 3 is 2.11 bits per heavy atom. The maximum absolute atomic E-state index is 11.9. The van der Waals surface area contributed by atoms with Gasteiger partial charge in [-0.05, 0) is 38.5 Å². The Hall–Kier alpha value is -1.86.